The second-order valence-corrected chi connectivity index (χ2v) is 5.96. The number of rotatable bonds is 3. The summed E-state index contributed by atoms with van der Waals surface area (Å²) < 4.78 is 1.10. The van der Waals surface area contributed by atoms with E-state index in [9.17, 15) is 4.79 Å². The molecular weight excluding hydrogens is 246 g/mol. The summed E-state index contributed by atoms with van der Waals surface area (Å²) in [6.45, 7) is 2.47. The minimum absolute atomic E-state index is 0.0146. The van der Waals surface area contributed by atoms with E-state index in [0.717, 1.165) is 23.1 Å². The molecule has 5 heteroatoms. The maximum atomic E-state index is 12.0. The van der Waals surface area contributed by atoms with Crippen molar-refractivity contribution in [1.82, 2.24) is 4.98 Å². The van der Waals surface area contributed by atoms with Gasteiger partial charge >= 0.3 is 0 Å². The van der Waals surface area contributed by atoms with Crippen LogP contribution < -0.4 is 11.1 Å². The lowest BCUT2D eigenvalue weighted by molar-refractivity contribution is -0.120. The second-order valence-electron chi connectivity index (χ2n) is 4.93. The van der Waals surface area contributed by atoms with Crippen molar-refractivity contribution in [2.24, 2.45) is 11.1 Å². The number of carbonyl (C=O) groups is 1. The topological polar surface area (TPSA) is 68.0 Å². The highest BCUT2D eigenvalue weighted by Crippen LogP contribution is 2.45. The number of thiazole rings is 1. The summed E-state index contributed by atoms with van der Waals surface area (Å²) in [6, 6.07) is 6.08. The Morgan fingerprint density at radius 1 is 1.56 bits per heavy atom. The molecule has 2 aromatic rings. The minimum atomic E-state index is -0.326. The SMILES string of the molecule is Cc1ccc2nc(NC(=O)C3(CN)CC3)sc2c1. The lowest BCUT2D eigenvalue weighted by atomic mass is 10.1. The zero-order valence-corrected chi connectivity index (χ0v) is 11.0. The molecule has 0 unspecified atom stereocenters. The first-order valence-corrected chi connectivity index (χ1v) is 6.83. The van der Waals surface area contributed by atoms with E-state index in [2.05, 4.69) is 16.4 Å². The van der Waals surface area contributed by atoms with E-state index in [1.807, 2.05) is 19.1 Å². The van der Waals surface area contributed by atoms with Crippen molar-refractivity contribution in [3.05, 3.63) is 23.8 Å². The Labute approximate surface area is 109 Å². The lowest BCUT2D eigenvalue weighted by Gasteiger charge is -2.10. The molecule has 3 N–H and O–H groups in total. The van der Waals surface area contributed by atoms with Crippen molar-refractivity contribution in [2.75, 3.05) is 11.9 Å². The lowest BCUT2D eigenvalue weighted by Crippen LogP contribution is -2.30. The molecule has 1 aromatic heterocycles. The Hall–Kier alpha value is -1.46. The Balaban J connectivity index is 1.85. The molecule has 0 radical (unpaired) electrons. The zero-order chi connectivity index (χ0) is 12.8. The largest absolute Gasteiger partial charge is 0.329 e. The van der Waals surface area contributed by atoms with Crippen molar-refractivity contribution in [3.8, 4) is 0 Å². The number of nitrogens with two attached hydrogens (primary N) is 1. The molecule has 0 atom stereocenters. The Kier molecular flexibility index (Phi) is 2.60. The van der Waals surface area contributed by atoms with Gasteiger partial charge in [0.05, 0.1) is 15.6 Å². The van der Waals surface area contributed by atoms with Crippen molar-refractivity contribution in [2.45, 2.75) is 19.8 Å². The molecule has 18 heavy (non-hydrogen) atoms. The van der Waals surface area contributed by atoms with Gasteiger partial charge in [0.1, 0.15) is 0 Å². The van der Waals surface area contributed by atoms with Gasteiger partial charge in [0.25, 0.3) is 0 Å². The van der Waals surface area contributed by atoms with Crippen molar-refractivity contribution in [1.29, 1.82) is 0 Å². The van der Waals surface area contributed by atoms with Crippen LogP contribution in [-0.4, -0.2) is 17.4 Å². The number of aromatic nitrogens is 1. The van der Waals surface area contributed by atoms with Gasteiger partial charge in [-0.05, 0) is 37.5 Å². The first-order valence-electron chi connectivity index (χ1n) is 6.02. The van der Waals surface area contributed by atoms with E-state index < -0.39 is 0 Å². The van der Waals surface area contributed by atoms with Gasteiger partial charge in [-0.3, -0.25) is 4.79 Å². The van der Waals surface area contributed by atoms with Crippen LogP contribution >= 0.6 is 11.3 Å². The number of nitrogens with one attached hydrogen (secondary N) is 1. The fraction of sp³-hybridized carbons (Fsp3) is 0.385. The first-order chi connectivity index (χ1) is 8.63. The molecule has 1 aliphatic rings. The molecule has 0 spiro atoms. The molecule has 3 rings (SSSR count). The predicted octanol–water partition coefficient (Wildman–Crippen LogP) is 2.28. The van der Waals surface area contributed by atoms with Crippen LogP contribution in [0.5, 0.6) is 0 Å². The van der Waals surface area contributed by atoms with Crippen LogP contribution in [0.1, 0.15) is 18.4 Å². The number of benzene rings is 1. The second kappa shape index (κ2) is 4.03. The number of hydrogen-bond donors (Lipinski definition) is 2. The number of nitrogens with zero attached hydrogens (tertiary/aromatic N) is 1. The quantitative estimate of drug-likeness (QED) is 0.890. The van der Waals surface area contributed by atoms with Crippen LogP contribution in [0.3, 0.4) is 0 Å². The molecule has 1 fully saturated rings. The van der Waals surface area contributed by atoms with Gasteiger partial charge in [-0.1, -0.05) is 17.4 Å². The Bertz CT molecular complexity index is 616. The highest BCUT2D eigenvalue weighted by atomic mass is 32.1. The summed E-state index contributed by atoms with van der Waals surface area (Å²) in [6.07, 6.45) is 1.78. The number of fused-ring (bicyclic) bond motifs is 1. The van der Waals surface area contributed by atoms with Crippen molar-refractivity contribution >= 4 is 32.6 Å². The molecule has 1 amide bonds. The average Bonchev–Trinajstić information content (AvgIpc) is 3.05. The molecule has 1 aliphatic carbocycles. The van der Waals surface area contributed by atoms with E-state index in [1.54, 1.807) is 0 Å². The fourth-order valence-electron chi connectivity index (χ4n) is 1.99. The van der Waals surface area contributed by atoms with Crippen molar-refractivity contribution < 1.29 is 4.79 Å². The van der Waals surface area contributed by atoms with Gasteiger partial charge in [-0.25, -0.2) is 4.98 Å². The molecule has 94 valence electrons. The van der Waals surface area contributed by atoms with Gasteiger partial charge in [-0.2, -0.15) is 0 Å². The van der Waals surface area contributed by atoms with E-state index in [0.29, 0.717) is 11.7 Å². The summed E-state index contributed by atoms with van der Waals surface area (Å²) >= 11 is 1.51. The number of anilines is 1. The summed E-state index contributed by atoms with van der Waals surface area (Å²) in [4.78, 5) is 16.5. The van der Waals surface area contributed by atoms with Crippen LogP contribution in [-0.2, 0) is 4.79 Å². The standard InChI is InChI=1S/C13H15N3OS/c1-8-2-3-9-10(6-8)18-12(15-9)16-11(17)13(7-14)4-5-13/h2-3,6H,4-5,7,14H2,1H3,(H,15,16,17). The third kappa shape index (κ3) is 1.89. The van der Waals surface area contributed by atoms with Crippen LogP contribution in [0.25, 0.3) is 10.2 Å². The molecule has 4 nitrogen and oxygen atoms in total. The summed E-state index contributed by atoms with van der Waals surface area (Å²) in [5.41, 5.74) is 7.44. The van der Waals surface area contributed by atoms with Crippen molar-refractivity contribution in [3.63, 3.8) is 0 Å². The smallest absolute Gasteiger partial charge is 0.233 e. The number of amides is 1. The van der Waals surface area contributed by atoms with Gasteiger partial charge < -0.3 is 11.1 Å². The van der Waals surface area contributed by atoms with Crippen LogP contribution in [0, 0.1) is 12.3 Å². The van der Waals surface area contributed by atoms with Gasteiger partial charge in [-0.15, -0.1) is 0 Å². The maximum absolute atomic E-state index is 12.0. The molecule has 0 saturated heterocycles. The zero-order valence-electron chi connectivity index (χ0n) is 10.2. The molecule has 1 heterocycles. The van der Waals surface area contributed by atoms with Crippen LogP contribution in [0.2, 0.25) is 0 Å². The van der Waals surface area contributed by atoms with Gasteiger partial charge in [0, 0.05) is 6.54 Å². The molecule has 1 saturated carbocycles. The first kappa shape index (κ1) is 11.6. The number of carbonyl (C=O) groups excluding carboxylic acids is 1. The highest BCUT2D eigenvalue weighted by molar-refractivity contribution is 7.22. The van der Waals surface area contributed by atoms with Crippen LogP contribution in [0.15, 0.2) is 18.2 Å². The van der Waals surface area contributed by atoms with Crippen LogP contribution in [0.4, 0.5) is 5.13 Å². The van der Waals surface area contributed by atoms with E-state index in [4.69, 9.17) is 5.73 Å². The Morgan fingerprint density at radius 2 is 2.33 bits per heavy atom. The number of aryl methyl sites for hydroxylation is 1. The van der Waals surface area contributed by atoms with E-state index >= 15 is 0 Å². The average molecular weight is 261 g/mol. The third-order valence-corrected chi connectivity index (χ3v) is 4.42. The number of hydrogen-bond acceptors (Lipinski definition) is 4. The monoisotopic (exact) mass is 261 g/mol. The third-order valence-electron chi connectivity index (χ3n) is 3.49. The highest BCUT2D eigenvalue weighted by Gasteiger charge is 2.48. The molecule has 0 aliphatic heterocycles. The molecular formula is C13H15N3OS. The maximum Gasteiger partial charge on any atom is 0.233 e. The molecule has 1 aromatic carbocycles. The fourth-order valence-corrected chi connectivity index (χ4v) is 2.95. The molecule has 0 bridgehead atoms. The van der Waals surface area contributed by atoms with E-state index in [1.165, 1.54) is 16.9 Å². The predicted molar refractivity (Wildman–Crippen MR) is 73.7 cm³/mol. The van der Waals surface area contributed by atoms with E-state index in [-0.39, 0.29) is 11.3 Å². The summed E-state index contributed by atoms with van der Waals surface area (Å²) in [5, 5.41) is 3.56. The summed E-state index contributed by atoms with van der Waals surface area (Å²) in [5.74, 6) is 0.0146. The van der Waals surface area contributed by atoms with Gasteiger partial charge in [0.15, 0.2) is 5.13 Å². The normalized spacial score (nSPS) is 16.8. The Morgan fingerprint density at radius 3 is 3.00 bits per heavy atom. The van der Waals surface area contributed by atoms with Gasteiger partial charge in [0.2, 0.25) is 5.91 Å². The summed E-state index contributed by atoms with van der Waals surface area (Å²) in [7, 11) is 0. The minimum Gasteiger partial charge on any atom is -0.329 e.